The van der Waals surface area contributed by atoms with Crippen LogP contribution in [0.3, 0.4) is 0 Å². The fourth-order valence-corrected chi connectivity index (χ4v) is 3.51. The minimum absolute atomic E-state index is 0.271. The molecule has 150 valence electrons. The number of halogens is 3. The molecule has 5 nitrogen and oxygen atoms in total. The van der Waals surface area contributed by atoms with Crippen molar-refractivity contribution in [2.24, 2.45) is 0 Å². The Balaban J connectivity index is 1.53. The number of nitrogens with one attached hydrogen (secondary N) is 1. The van der Waals surface area contributed by atoms with E-state index in [0.29, 0.717) is 25.9 Å². The quantitative estimate of drug-likeness (QED) is 0.244. The van der Waals surface area contributed by atoms with E-state index in [4.69, 9.17) is 39.6 Å². The third kappa shape index (κ3) is 6.59. The Bertz CT molecular complexity index is 1000. The number of aryl methyl sites for hydroxylation is 1. The van der Waals surface area contributed by atoms with Crippen LogP contribution in [0, 0.1) is 6.92 Å². The molecule has 0 radical (unpaired) electrons. The van der Waals surface area contributed by atoms with Crippen molar-refractivity contribution in [1.29, 1.82) is 0 Å². The third-order valence-corrected chi connectivity index (χ3v) is 5.82. The Morgan fingerprint density at radius 2 is 1.86 bits per heavy atom. The lowest BCUT2D eigenvalue weighted by Crippen LogP contribution is -2.07. The van der Waals surface area contributed by atoms with Gasteiger partial charge < -0.3 is 0 Å². The lowest BCUT2D eigenvalue weighted by Gasteiger charge is -2.06. The lowest BCUT2D eigenvalue weighted by molar-refractivity contribution is 0.0582. The first kappa shape index (κ1) is 21.9. The largest absolute Gasteiger partial charge is 0.274 e. The molecule has 1 N–H and O–H groups in total. The van der Waals surface area contributed by atoms with Gasteiger partial charge in [-0.15, -0.1) is 5.10 Å². The smallest absolute Gasteiger partial charge is 0.209 e. The van der Waals surface area contributed by atoms with E-state index in [-0.39, 0.29) is 6.61 Å². The molecular weight excluding hydrogens is 451 g/mol. The van der Waals surface area contributed by atoms with Gasteiger partial charge >= 0.3 is 0 Å². The molecule has 0 aliphatic heterocycles. The van der Waals surface area contributed by atoms with Crippen molar-refractivity contribution in [3.05, 3.63) is 86.2 Å². The van der Waals surface area contributed by atoms with Gasteiger partial charge in [-0.05, 0) is 36.8 Å². The molecule has 1 heterocycles. The van der Waals surface area contributed by atoms with Crippen molar-refractivity contribution < 1.29 is 4.84 Å². The zero-order valence-corrected chi connectivity index (χ0v) is 18.5. The molecule has 0 unspecified atom stereocenters. The second-order valence-corrected chi connectivity index (χ2v) is 8.10. The van der Waals surface area contributed by atoms with Crippen LogP contribution in [-0.4, -0.2) is 15.2 Å². The Hall–Kier alpha value is -1.83. The molecule has 0 amide bonds. The third-order valence-electron chi connectivity index (χ3n) is 3.81. The van der Waals surface area contributed by atoms with Gasteiger partial charge in [0.15, 0.2) is 0 Å². The van der Waals surface area contributed by atoms with Gasteiger partial charge in [0.1, 0.15) is 6.61 Å². The highest BCUT2D eigenvalue weighted by atomic mass is 35.5. The normalized spacial score (nSPS) is 11.2. The molecule has 0 aliphatic rings. The summed E-state index contributed by atoms with van der Waals surface area (Å²) in [5, 5.41) is 10.6. The van der Waals surface area contributed by atoms with Gasteiger partial charge in [-0.1, -0.05) is 70.8 Å². The molecule has 0 fully saturated rings. The summed E-state index contributed by atoms with van der Waals surface area (Å²) in [6.07, 6.45) is 3.42. The highest BCUT2D eigenvalue weighted by Crippen LogP contribution is 2.25. The Kier molecular flexibility index (Phi) is 8.15. The van der Waals surface area contributed by atoms with Crippen molar-refractivity contribution >= 4 is 52.6 Å². The van der Waals surface area contributed by atoms with Crippen LogP contribution in [0.2, 0.25) is 15.1 Å². The average molecular weight is 468 g/mol. The summed E-state index contributed by atoms with van der Waals surface area (Å²) in [5.41, 5.74) is 6.10. The summed E-state index contributed by atoms with van der Waals surface area (Å²) in [6, 6.07) is 13.1. The first-order valence-electron chi connectivity index (χ1n) is 8.58. The Labute approximate surface area is 188 Å². The van der Waals surface area contributed by atoms with Crippen LogP contribution in [-0.2, 0) is 17.2 Å². The van der Waals surface area contributed by atoms with Gasteiger partial charge in [0, 0.05) is 22.5 Å². The molecule has 0 saturated heterocycles. The van der Waals surface area contributed by atoms with Crippen LogP contribution >= 0.6 is 46.6 Å². The highest BCUT2D eigenvalue weighted by Gasteiger charge is 2.06. The minimum Gasteiger partial charge on any atom is -0.274 e. The lowest BCUT2D eigenvalue weighted by atomic mass is 10.2. The zero-order valence-electron chi connectivity index (χ0n) is 15.4. The van der Waals surface area contributed by atoms with Crippen LogP contribution in [0.4, 0.5) is 0 Å². The van der Waals surface area contributed by atoms with Crippen molar-refractivity contribution in [1.82, 2.24) is 20.7 Å². The molecule has 3 rings (SSSR count). The number of benzene rings is 2. The maximum absolute atomic E-state index is 6.13. The predicted molar refractivity (Wildman–Crippen MR) is 119 cm³/mol. The molecular formula is C20H17Cl3N4OS. The van der Waals surface area contributed by atoms with Crippen molar-refractivity contribution in [3.8, 4) is 0 Å². The van der Waals surface area contributed by atoms with Gasteiger partial charge in [0.05, 0.1) is 21.4 Å². The van der Waals surface area contributed by atoms with Crippen molar-refractivity contribution in [2.75, 3.05) is 0 Å². The number of hydrogen-bond acceptors (Lipinski definition) is 6. The Morgan fingerprint density at radius 3 is 2.66 bits per heavy atom. The minimum atomic E-state index is 0.271. The fourth-order valence-electron chi connectivity index (χ4n) is 2.26. The van der Waals surface area contributed by atoms with E-state index in [1.54, 1.807) is 18.3 Å². The monoisotopic (exact) mass is 466 g/mol. The highest BCUT2D eigenvalue weighted by molar-refractivity contribution is 7.98. The van der Waals surface area contributed by atoms with Gasteiger partial charge in [-0.3, -0.25) is 10.3 Å². The number of hydrogen-bond donors (Lipinski definition) is 1. The number of aromatic nitrogens is 3. The molecule has 3 aromatic rings. The Morgan fingerprint density at radius 1 is 1.07 bits per heavy atom. The van der Waals surface area contributed by atoms with E-state index in [1.807, 2.05) is 43.3 Å². The average Bonchev–Trinajstić information content (AvgIpc) is 2.72. The molecule has 9 heteroatoms. The molecule has 2 aromatic carbocycles. The van der Waals surface area contributed by atoms with Gasteiger partial charge in [-0.25, -0.2) is 4.98 Å². The van der Waals surface area contributed by atoms with E-state index in [9.17, 15) is 0 Å². The van der Waals surface area contributed by atoms with Gasteiger partial charge in [0.25, 0.3) is 0 Å². The van der Waals surface area contributed by atoms with Crippen LogP contribution in [0.15, 0.2) is 53.8 Å². The summed E-state index contributed by atoms with van der Waals surface area (Å²) in [7, 11) is 0. The summed E-state index contributed by atoms with van der Waals surface area (Å²) < 4.78 is 0. The predicted octanol–water partition coefficient (Wildman–Crippen LogP) is 6.12. The summed E-state index contributed by atoms with van der Waals surface area (Å²) in [5.74, 6) is 0.729. The van der Waals surface area contributed by atoms with E-state index in [0.717, 1.165) is 22.6 Å². The van der Waals surface area contributed by atoms with Crippen LogP contribution < -0.4 is 5.48 Å². The molecule has 29 heavy (non-hydrogen) atoms. The summed E-state index contributed by atoms with van der Waals surface area (Å²) in [4.78, 5) is 9.93. The molecule has 0 bridgehead atoms. The maximum atomic E-state index is 6.13. The van der Waals surface area contributed by atoms with Crippen molar-refractivity contribution in [2.45, 2.75) is 24.4 Å². The molecule has 0 saturated carbocycles. The summed E-state index contributed by atoms with van der Waals surface area (Å²) >= 11 is 19.5. The van der Waals surface area contributed by atoms with E-state index in [1.165, 1.54) is 11.8 Å². The van der Waals surface area contributed by atoms with Crippen LogP contribution in [0.5, 0.6) is 0 Å². The second kappa shape index (κ2) is 10.8. The fraction of sp³-hybridized carbons (Fsp3) is 0.150. The number of thioether (sulfide) groups is 1. The number of rotatable bonds is 8. The maximum Gasteiger partial charge on any atom is 0.209 e. The van der Waals surface area contributed by atoms with E-state index >= 15 is 0 Å². The summed E-state index contributed by atoms with van der Waals surface area (Å²) in [6.45, 7) is 2.12. The van der Waals surface area contributed by atoms with E-state index in [2.05, 4.69) is 20.7 Å². The first-order chi connectivity index (χ1) is 14.0. The van der Waals surface area contributed by atoms with Crippen LogP contribution in [0.25, 0.3) is 6.08 Å². The SMILES string of the molecule is Cc1nnc(SCc2ccc(Cl)cc2)nc1/C=C/NOCc1cccc(Cl)c1Cl. The number of nitrogens with zero attached hydrogens (tertiary/aromatic N) is 3. The molecule has 1 aromatic heterocycles. The van der Waals surface area contributed by atoms with Crippen LogP contribution in [0.1, 0.15) is 22.5 Å². The molecule has 0 aliphatic carbocycles. The number of hydroxylamine groups is 1. The van der Waals surface area contributed by atoms with Crippen molar-refractivity contribution in [3.63, 3.8) is 0 Å². The second-order valence-electron chi connectivity index (χ2n) is 5.93. The molecule has 0 spiro atoms. The standard InChI is InChI=1S/C20H17Cl3N4OS/c1-13-18(9-10-24-28-11-15-3-2-4-17(22)19(15)23)25-20(27-26-13)29-12-14-5-7-16(21)8-6-14/h2-10,24H,11-12H2,1H3/b10-9+. The van der Waals surface area contributed by atoms with Gasteiger partial charge in [-0.2, -0.15) is 5.10 Å². The first-order valence-corrected chi connectivity index (χ1v) is 10.7. The zero-order chi connectivity index (χ0) is 20.6. The van der Waals surface area contributed by atoms with E-state index < -0.39 is 0 Å². The van der Waals surface area contributed by atoms with Gasteiger partial charge in [0.2, 0.25) is 5.16 Å². The topological polar surface area (TPSA) is 59.9 Å². The molecule has 0 atom stereocenters.